The average Bonchev–Trinajstić information content (AvgIpc) is 2.46. The summed E-state index contributed by atoms with van der Waals surface area (Å²) in [5.41, 5.74) is 0. The van der Waals surface area contributed by atoms with Gasteiger partial charge >= 0.3 is 0 Å². The molecule has 0 saturated carbocycles. The lowest BCUT2D eigenvalue weighted by Gasteiger charge is -2.28. The zero-order valence-corrected chi connectivity index (χ0v) is 10.9. The Balaban J connectivity index is 0.000000336. The van der Waals surface area contributed by atoms with E-state index in [0.717, 1.165) is 0 Å². The van der Waals surface area contributed by atoms with Crippen LogP contribution in [-0.4, -0.2) is 50.4 Å². The predicted molar refractivity (Wildman–Crippen MR) is 62.4 cm³/mol. The van der Waals surface area contributed by atoms with Gasteiger partial charge in [0.2, 0.25) is 0 Å². The first-order valence-electron chi connectivity index (χ1n) is 5.53. The van der Waals surface area contributed by atoms with Crippen molar-refractivity contribution < 1.29 is 17.5 Å². The van der Waals surface area contributed by atoms with Gasteiger partial charge in [0.1, 0.15) is 0 Å². The summed E-state index contributed by atoms with van der Waals surface area (Å²) in [6.07, 6.45) is 6.40. The van der Waals surface area contributed by atoms with Gasteiger partial charge in [-0.1, -0.05) is 13.3 Å². The fraction of sp³-hybridized carbons (Fsp3) is 1.00. The molecule has 0 spiro atoms. The largest absolute Gasteiger partial charge is 0.326 e. The molecular formula is C10H24NO3S+. The smallest absolute Gasteiger partial charge is 0.261 e. The van der Waals surface area contributed by atoms with Crippen LogP contribution in [0, 0.1) is 0 Å². The molecule has 1 fully saturated rings. The molecule has 0 aromatic rings. The molecule has 15 heavy (non-hydrogen) atoms. The molecule has 1 aliphatic rings. The highest BCUT2D eigenvalue weighted by molar-refractivity contribution is 7.85. The van der Waals surface area contributed by atoms with Gasteiger partial charge in [-0.05, 0) is 6.42 Å². The van der Waals surface area contributed by atoms with Gasteiger partial charge in [-0.15, -0.1) is 0 Å². The number of quaternary nitrogens is 1. The maximum absolute atomic E-state index is 9.19. The van der Waals surface area contributed by atoms with Gasteiger partial charge in [0, 0.05) is 12.8 Å². The normalized spacial score (nSPS) is 19.5. The van der Waals surface area contributed by atoms with Crippen LogP contribution in [0.4, 0.5) is 0 Å². The molecule has 1 N–H and O–H groups in total. The molecule has 92 valence electrons. The Labute approximate surface area is 93.6 Å². The Hall–Kier alpha value is -0.130. The van der Waals surface area contributed by atoms with E-state index in [0.29, 0.717) is 6.26 Å². The van der Waals surface area contributed by atoms with Crippen molar-refractivity contribution in [3.8, 4) is 0 Å². The van der Waals surface area contributed by atoms with E-state index < -0.39 is 10.1 Å². The van der Waals surface area contributed by atoms with Gasteiger partial charge in [0.05, 0.1) is 32.9 Å². The third kappa shape index (κ3) is 10.2. The first kappa shape index (κ1) is 14.9. The Bertz CT molecular complexity index is 248. The number of likely N-dealkylation sites (tertiary alicyclic amines) is 1. The highest BCUT2D eigenvalue weighted by Crippen LogP contribution is 2.16. The van der Waals surface area contributed by atoms with Crippen LogP contribution in [0.25, 0.3) is 0 Å². The van der Waals surface area contributed by atoms with Crippen LogP contribution in [0.3, 0.4) is 0 Å². The molecule has 5 heteroatoms. The fourth-order valence-electron chi connectivity index (χ4n) is 1.86. The summed E-state index contributed by atoms with van der Waals surface area (Å²) in [7, 11) is -1.26. The van der Waals surface area contributed by atoms with Crippen molar-refractivity contribution in [2.75, 3.05) is 32.9 Å². The Morgan fingerprint density at radius 3 is 2.00 bits per heavy atom. The Morgan fingerprint density at radius 2 is 1.67 bits per heavy atom. The lowest BCUT2D eigenvalue weighted by molar-refractivity contribution is -0.897. The Morgan fingerprint density at radius 1 is 1.27 bits per heavy atom. The minimum absolute atomic E-state index is 0.715. The van der Waals surface area contributed by atoms with Crippen molar-refractivity contribution in [3.05, 3.63) is 0 Å². The standard InChI is InChI=1S/C9H20N.CH4O3S/c1-3-4-7-10(2)8-5-6-9-10;1-5(2,3)4/h3-9H2,1-2H3;1H3,(H,2,3,4)/q+1;. The molecule has 0 radical (unpaired) electrons. The van der Waals surface area contributed by atoms with Crippen molar-refractivity contribution >= 4 is 10.1 Å². The van der Waals surface area contributed by atoms with Crippen LogP contribution in [0.15, 0.2) is 0 Å². The van der Waals surface area contributed by atoms with Gasteiger partial charge in [0.15, 0.2) is 0 Å². The van der Waals surface area contributed by atoms with Crippen molar-refractivity contribution in [2.24, 2.45) is 0 Å². The summed E-state index contributed by atoms with van der Waals surface area (Å²) in [5, 5.41) is 0. The zero-order chi connectivity index (χ0) is 11.9. The summed E-state index contributed by atoms with van der Waals surface area (Å²) >= 11 is 0. The number of unbranched alkanes of at least 4 members (excludes halogenated alkanes) is 1. The first-order chi connectivity index (χ1) is 6.77. The van der Waals surface area contributed by atoms with Crippen LogP contribution in [0.2, 0.25) is 0 Å². The van der Waals surface area contributed by atoms with Crippen molar-refractivity contribution in [3.63, 3.8) is 0 Å². The summed E-state index contributed by atoms with van der Waals surface area (Å²) in [6.45, 7) is 6.55. The summed E-state index contributed by atoms with van der Waals surface area (Å²) in [6, 6.07) is 0. The molecule has 4 nitrogen and oxygen atoms in total. The van der Waals surface area contributed by atoms with E-state index in [-0.39, 0.29) is 0 Å². The average molecular weight is 238 g/mol. The molecular weight excluding hydrogens is 214 g/mol. The zero-order valence-electron chi connectivity index (χ0n) is 10.1. The topological polar surface area (TPSA) is 54.4 Å². The molecule has 1 rings (SSSR count). The van der Waals surface area contributed by atoms with E-state index in [1.807, 2.05) is 0 Å². The maximum atomic E-state index is 9.19. The minimum Gasteiger partial charge on any atom is -0.326 e. The number of hydrogen-bond acceptors (Lipinski definition) is 2. The second-order valence-electron chi connectivity index (χ2n) is 4.58. The molecule has 0 aromatic heterocycles. The lowest BCUT2D eigenvalue weighted by Crippen LogP contribution is -2.41. The quantitative estimate of drug-likeness (QED) is 0.599. The van der Waals surface area contributed by atoms with Crippen LogP contribution in [0.5, 0.6) is 0 Å². The summed E-state index contributed by atoms with van der Waals surface area (Å²) in [5.74, 6) is 0. The lowest BCUT2D eigenvalue weighted by atomic mass is 10.3. The highest BCUT2D eigenvalue weighted by Gasteiger charge is 2.25. The van der Waals surface area contributed by atoms with Gasteiger partial charge in [-0.25, -0.2) is 0 Å². The molecule has 0 aromatic carbocycles. The monoisotopic (exact) mass is 238 g/mol. The number of nitrogens with zero attached hydrogens (tertiary/aromatic N) is 1. The molecule has 1 saturated heterocycles. The third-order valence-electron chi connectivity index (χ3n) is 2.70. The van der Waals surface area contributed by atoms with E-state index in [9.17, 15) is 8.42 Å². The van der Waals surface area contributed by atoms with Crippen LogP contribution < -0.4 is 0 Å². The molecule has 0 atom stereocenters. The summed E-state index contributed by atoms with van der Waals surface area (Å²) in [4.78, 5) is 0. The van der Waals surface area contributed by atoms with E-state index in [2.05, 4.69) is 14.0 Å². The van der Waals surface area contributed by atoms with Crippen molar-refractivity contribution in [2.45, 2.75) is 32.6 Å². The van der Waals surface area contributed by atoms with Crippen LogP contribution >= 0.6 is 0 Å². The first-order valence-corrected chi connectivity index (χ1v) is 7.38. The number of rotatable bonds is 3. The fourth-order valence-corrected chi connectivity index (χ4v) is 1.86. The second-order valence-corrected chi connectivity index (χ2v) is 6.05. The van der Waals surface area contributed by atoms with Gasteiger partial charge in [-0.3, -0.25) is 4.55 Å². The summed E-state index contributed by atoms with van der Waals surface area (Å²) < 4.78 is 27.2. The minimum atomic E-state index is -3.67. The van der Waals surface area contributed by atoms with E-state index in [4.69, 9.17) is 4.55 Å². The molecule has 1 heterocycles. The van der Waals surface area contributed by atoms with E-state index in [1.54, 1.807) is 0 Å². The van der Waals surface area contributed by atoms with E-state index >= 15 is 0 Å². The van der Waals surface area contributed by atoms with Gasteiger partial charge in [0.25, 0.3) is 10.1 Å². The van der Waals surface area contributed by atoms with Crippen molar-refractivity contribution in [1.29, 1.82) is 0 Å². The number of hydrogen-bond donors (Lipinski definition) is 1. The molecule has 0 aliphatic carbocycles. The van der Waals surface area contributed by atoms with Crippen LogP contribution in [0.1, 0.15) is 32.6 Å². The molecule has 0 amide bonds. The van der Waals surface area contributed by atoms with E-state index in [1.165, 1.54) is 49.8 Å². The van der Waals surface area contributed by atoms with Crippen LogP contribution in [-0.2, 0) is 10.1 Å². The Kier molecular flexibility index (Phi) is 6.40. The molecule has 0 unspecified atom stereocenters. The second kappa shape index (κ2) is 6.45. The third-order valence-corrected chi connectivity index (χ3v) is 2.70. The SMILES string of the molecule is CCCC[N+]1(C)CCCC1.CS(=O)(=O)O. The maximum Gasteiger partial charge on any atom is 0.261 e. The van der Waals surface area contributed by atoms with Gasteiger partial charge < -0.3 is 4.48 Å². The van der Waals surface area contributed by atoms with Crippen molar-refractivity contribution in [1.82, 2.24) is 0 Å². The van der Waals surface area contributed by atoms with Gasteiger partial charge in [-0.2, -0.15) is 8.42 Å². The highest BCUT2D eigenvalue weighted by atomic mass is 32.2. The predicted octanol–water partition coefficient (Wildman–Crippen LogP) is 1.53. The molecule has 1 aliphatic heterocycles. The molecule has 0 bridgehead atoms.